The fourth-order valence-corrected chi connectivity index (χ4v) is 5.87. The number of carbonyl (C=O) groups excluding carboxylic acids is 1. The quantitative estimate of drug-likeness (QED) is 0.258. The summed E-state index contributed by atoms with van der Waals surface area (Å²) < 4.78 is 24.8. The number of fused-ring (bicyclic) bond motifs is 1. The van der Waals surface area contributed by atoms with Gasteiger partial charge in [-0.3, -0.25) is 18.9 Å². The molecule has 13 heteroatoms. The zero-order valence-corrected chi connectivity index (χ0v) is 27.0. The maximum absolute atomic E-state index is 14.9. The largest absolute Gasteiger partial charge is 0.444 e. The zero-order valence-electron chi connectivity index (χ0n) is 27.0. The predicted molar refractivity (Wildman–Crippen MR) is 174 cm³/mol. The Morgan fingerprint density at radius 2 is 1.85 bits per heavy atom. The molecule has 0 unspecified atom stereocenters. The lowest BCUT2D eigenvalue weighted by Crippen LogP contribution is -2.47. The summed E-state index contributed by atoms with van der Waals surface area (Å²) in [4.78, 5) is 32.2. The molecular weight excluding hydrogens is 603 g/mol. The number of alkyl carbamates (subject to hydrolysis) is 1. The molecule has 5 aromatic rings. The standard InChI is InChI=1S/C34H39FN8O4/c1-33(2,3)47-32(45)36-19-23-6-8-24(9-7-23)30-28-29(39-40(30)4)31(44)42(22-37-28)21-34(46)12-16-41(17-13-34)20-25-10-11-26(18-27(25)35)43-15-5-14-38-43/h5-11,14-15,18,22,46H,12-13,16-17,19-21H2,1-4H3,(H,36,45). The van der Waals surface area contributed by atoms with Gasteiger partial charge in [0.2, 0.25) is 0 Å². The van der Waals surface area contributed by atoms with E-state index in [0.29, 0.717) is 61.5 Å². The van der Waals surface area contributed by atoms with Gasteiger partial charge in [0.1, 0.15) is 16.9 Å². The lowest BCUT2D eigenvalue weighted by Gasteiger charge is -2.38. The van der Waals surface area contributed by atoms with Crippen molar-refractivity contribution in [3.05, 3.63) is 94.5 Å². The predicted octanol–water partition coefficient (Wildman–Crippen LogP) is 4.17. The highest BCUT2D eigenvalue weighted by atomic mass is 19.1. The number of hydrogen-bond donors (Lipinski definition) is 2. The molecule has 1 aliphatic heterocycles. The highest BCUT2D eigenvalue weighted by molar-refractivity contribution is 5.89. The average molecular weight is 643 g/mol. The van der Waals surface area contributed by atoms with E-state index >= 15 is 0 Å². The van der Waals surface area contributed by atoms with Gasteiger partial charge in [0.25, 0.3) is 5.56 Å². The SMILES string of the molecule is Cn1nc2c(=O)n(CC3(O)CCN(Cc4ccc(-n5cccn5)cc4F)CC3)cnc2c1-c1ccc(CNC(=O)OC(C)(C)C)cc1. The van der Waals surface area contributed by atoms with Crippen LogP contribution in [-0.2, 0) is 31.4 Å². The molecule has 1 aliphatic rings. The number of benzene rings is 2. The van der Waals surface area contributed by atoms with Crippen molar-refractivity contribution in [1.82, 2.24) is 39.3 Å². The van der Waals surface area contributed by atoms with Crippen LogP contribution in [0, 0.1) is 5.82 Å². The Morgan fingerprint density at radius 1 is 1.11 bits per heavy atom. The fraction of sp³-hybridized carbons (Fsp3) is 0.382. The van der Waals surface area contributed by atoms with Crippen LogP contribution in [0.25, 0.3) is 28.0 Å². The molecule has 1 amide bonds. The first kappa shape index (κ1) is 32.1. The van der Waals surface area contributed by atoms with E-state index in [9.17, 15) is 19.1 Å². The van der Waals surface area contributed by atoms with Crippen LogP contribution < -0.4 is 10.9 Å². The third-order valence-electron chi connectivity index (χ3n) is 8.33. The smallest absolute Gasteiger partial charge is 0.407 e. The van der Waals surface area contributed by atoms with Gasteiger partial charge in [-0.15, -0.1) is 0 Å². The van der Waals surface area contributed by atoms with Crippen molar-refractivity contribution < 1.29 is 19.0 Å². The molecule has 0 spiro atoms. The fourth-order valence-electron chi connectivity index (χ4n) is 5.87. The van der Waals surface area contributed by atoms with Crippen molar-refractivity contribution in [3.8, 4) is 16.9 Å². The average Bonchev–Trinajstić information content (AvgIpc) is 3.68. The van der Waals surface area contributed by atoms with Crippen LogP contribution in [0.1, 0.15) is 44.7 Å². The maximum Gasteiger partial charge on any atom is 0.407 e. The first-order valence-electron chi connectivity index (χ1n) is 15.6. The molecule has 0 bridgehead atoms. The number of aliphatic hydroxyl groups is 1. The van der Waals surface area contributed by atoms with Gasteiger partial charge in [-0.05, 0) is 57.4 Å². The van der Waals surface area contributed by atoms with Crippen LogP contribution >= 0.6 is 0 Å². The molecule has 246 valence electrons. The number of nitrogens with one attached hydrogen (secondary N) is 1. The number of aromatic nitrogens is 6. The molecule has 0 saturated carbocycles. The molecule has 47 heavy (non-hydrogen) atoms. The van der Waals surface area contributed by atoms with E-state index < -0.39 is 17.3 Å². The number of aryl methyl sites for hydroxylation is 1. The molecule has 0 atom stereocenters. The van der Waals surface area contributed by atoms with Crippen molar-refractivity contribution in [2.45, 2.75) is 64.4 Å². The summed E-state index contributed by atoms with van der Waals surface area (Å²) in [6.07, 6.45) is 5.24. The summed E-state index contributed by atoms with van der Waals surface area (Å²) in [6.45, 7) is 7.35. The van der Waals surface area contributed by atoms with E-state index in [4.69, 9.17) is 4.74 Å². The first-order chi connectivity index (χ1) is 22.4. The van der Waals surface area contributed by atoms with Crippen molar-refractivity contribution in [3.63, 3.8) is 0 Å². The lowest BCUT2D eigenvalue weighted by atomic mass is 9.91. The molecule has 2 aromatic carbocycles. The van der Waals surface area contributed by atoms with Crippen LogP contribution in [0.3, 0.4) is 0 Å². The molecular formula is C34H39FN8O4. The van der Waals surface area contributed by atoms with E-state index in [0.717, 1.165) is 11.1 Å². The van der Waals surface area contributed by atoms with Gasteiger partial charge < -0.3 is 15.2 Å². The van der Waals surface area contributed by atoms with Crippen LogP contribution in [0.4, 0.5) is 9.18 Å². The number of piperidine rings is 1. The number of hydrogen-bond acceptors (Lipinski definition) is 8. The van der Waals surface area contributed by atoms with Crippen molar-refractivity contribution in [2.24, 2.45) is 7.05 Å². The molecule has 12 nitrogen and oxygen atoms in total. The minimum atomic E-state index is -1.11. The van der Waals surface area contributed by atoms with E-state index in [2.05, 4.69) is 25.4 Å². The van der Waals surface area contributed by atoms with Crippen molar-refractivity contribution in [2.75, 3.05) is 13.1 Å². The van der Waals surface area contributed by atoms with Crippen molar-refractivity contribution in [1.29, 1.82) is 0 Å². The summed E-state index contributed by atoms with van der Waals surface area (Å²) in [7, 11) is 1.76. The maximum atomic E-state index is 14.9. The zero-order chi connectivity index (χ0) is 33.3. The van der Waals surface area contributed by atoms with Gasteiger partial charge in [0, 0.05) is 56.7 Å². The van der Waals surface area contributed by atoms with Gasteiger partial charge >= 0.3 is 6.09 Å². The van der Waals surface area contributed by atoms with Gasteiger partial charge in [0.15, 0.2) is 5.52 Å². The topological polar surface area (TPSA) is 132 Å². The minimum Gasteiger partial charge on any atom is -0.444 e. The Kier molecular flexibility index (Phi) is 8.68. The van der Waals surface area contributed by atoms with E-state index in [-0.39, 0.29) is 23.4 Å². The van der Waals surface area contributed by atoms with Gasteiger partial charge in [-0.1, -0.05) is 30.3 Å². The van der Waals surface area contributed by atoms with E-state index in [1.165, 1.54) is 17.0 Å². The Bertz CT molecular complexity index is 1940. The van der Waals surface area contributed by atoms with Crippen LogP contribution in [0.15, 0.2) is 72.0 Å². The van der Waals surface area contributed by atoms with E-state index in [1.807, 2.05) is 51.1 Å². The molecule has 1 fully saturated rings. The van der Waals surface area contributed by atoms with Crippen LogP contribution in [0.2, 0.25) is 0 Å². The molecule has 6 rings (SSSR count). The number of likely N-dealkylation sites (tertiary alicyclic amines) is 1. The highest BCUT2D eigenvalue weighted by Gasteiger charge is 2.34. The molecule has 3 aromatic heterocycles. The number of rotatable bonds is 8. The Hall–Kier alpha value is -4.88. The number of amides is 1. The minimum absolute atomic E-state index is 0.0841. The second kappa shape index (κ2) is 12.7. The highest BCUT2D eigenvalue weighted by Crippen LogP contribution is 2.28. The lowest BCUT2D eigenvalue weighted by molar-refractivity contribution is -0.0366. The molecule has 0 aliphatic carbocycles. The molecule has 4 heterocycles. The molecule has 0 radical (unpaired) electrons. The van der Waals surface area contributed by atoms with E-state index in [1.54, 1.807) is 40.9 Å². The summed E-state index contributed by atoms with van der Waals surface area (Å²) in [5.41, 5.74) is 2.29. The summed E-state index contributed by atoms with van der Waals surface area (Å²) in [5.74, 6) is -0.300. The Labute approximate surface area is 271 Å². The summed E-state index contributed by atoms with van der Waals surface area (Å²) in [6, 6.07) is 14.4. The number of halogens is 1. The van der Waals surface area contributed by atoms with Crippen molar-refractivity contribution >= 4 is 17.1 Å². The molecule has 1 saturated heterocycles. The Balaban J connectivity index is 1.10. The Morgan fingerprint density at radius 3 is 2.51 bits per heavy atom. The third-order valence-corrected chi connectivity index (χ3v) is 8.33. The number of ether oxygens (including phenoxy) is 1. The third kappa shape index (κ3) is 7.26. The summed E-state index contributed by atoms with van der Waals surface area (Å²) >= 11 is 0. The second-order valence-corrected chi connectivity index (χ2v) is 13.1. The number of nitrogens with zero attached hydrogens (tertiary/aromatic N) is 7. The normalized spacial score (nSPS) is 15.2. The monoisotopic (exact) mass is 642 g/mol. The number of carbonyl (C=O) groups is 1. The summed E-state index contributed by atoms with van der Waals surface area (Å²) in [5, 5.41) is 22.8. The molecule has 2 N–H and O–H groups in total. The van der Waals surface area contributed by atoms with Crippen LogP contribution in [0.5, 0.6) is 0 Å². The first-order valence-corrected chi connectivity index (χ1v) is 15.6. The second-order valence-electron chi connectivity index (χ2n) is 13.1. The van der Waals surface area contributed by atoms with Gasteiger partial charge in [-0.2, -0.15) is 10.2 Å². The van der Waals surface area contributed by atoms with Gasteiger partial charge in [-0.25, -0.2) is 18.9 Å². The van der Waals surface area contributed by atoms with Gasteiger partial charge in [0.05, 0.1) is 29.9 Å². The van der Waals surface area contributed by atoms with Crippen LogP contribution in [-0.4, -0.2) is 69.5 Å².